The highest BCUT2D eigenvalue weighted by atomic mass is 16.5. The lowest BCUT2D eigenvalue weighted by atomic mass is 9.95. The van der Waals surface area contributed by atoms with E-state index in [4.69, 9.17) is 14.2 Å². The highest BCUT2D eigenvalue weighted by Crippen LogP contribution is 2.42. The molecule has 1 saturated heterocycles. The number of carbonyl (C=O) groups excluding carboxylic acids is 2. The Morgan fingerprint density at radius 1 is 0.944 bits per heavy atom. The number of aliphatic hydroxyl groups is 1. The number of Topliss-reactive ketones (excluding diaryl/α,β-unsaturated/α-hetero) is 1. The van der Waals surface area contributed by atoms with Crippen LogP contribution in [0.4, 0.5) is 0 Å². The molecule has 0 aromatic heterocycles. The van der Waals surface area contributed by atoms with Crippen molar-refractivity contribution < 1.29 is 28.9 Å². The van der Waals surface area contributed by atoms with E-state index >= 15 is 0 Å². The van der Waals surface area contributed by atoms with Crippen LogP contribution >= 0.6 is 0 Å². The van der Waals surface area contributed by atoms with E-state index in [1.54, 1.807) is 36.4 Å². The third-order valence-corrected chi connectivity index (χ3v) is 5.81. The second kappa shape index (κ2) is 12.4. The number of ether oxygens (including phenoxy) is 3. The number of carbonyl (C=O) groups is 2. The molecular weight excluding hydrogens is 460 g/mol. The largest absolute Gasteiger partial charge is 0.507 e. The van der Waals surface area contributed by atoms with Gasteiger partial charge in [-0.1, -0.05) is 13.0 Å². The first-order valence-electron chi connectivity index (χ1n) is 12.4. The molecule has 0 spiro atoms. The van der Waals surface area contributed by atoms with Gasteiger partial charge in [0, 0.05) is 18.7 Å². The van der Waals surface area contributed by atoms with Crippen molar-refractivity contribution in [2.75, 3.05) is 47.0 Å². The highest BCUT2D eigenvalue weighted by Gasteiger charge is 2.46. The van der Waals surface area contributed by atoms with Gasteiger partial charge < -0.3 is 29.1 Å². The first kappa shape index (κ1) is 27.1. The zero-order valence-electron chi connectivity index (χ0n) is 21.7. The van der Waals surface area contributed by atoms with Gasteiger partial charge in [0.15, 0.2) is 11.5 Å². The number of nitrogens with zero attached hydrogens (tertiary/aromatic N) is 2. The summed E-state index contributed by atoms with van der Waals surface area (Å²) in [5.74, 6) is 0.194. The summed E-state index contributed by atoms with van der Waals surface area (Å²) in [5.41, 5.74) is 1.14. The summed E-state index contributed by atoms with van der Waals surface area (Å²) in [4.78, 5) is 29.8. The summed E-state index contributed by atoms with van der Waals surface area (Å²) < 4.78 is 17.1. The van der Waals surface area contributed by atoms with Crippen LogP contribution in [-0.2, 0) is 9.59 Å². The maximum atomic E-state index is 13.2. The predicted octanol–water partition coefficient (Wildman–Crippen LogP) is 4.26. The molecule has 1 amide bonds. The first-order chi connectivity index (χ1) is 17.3. The van der Waals surface area contributed by atoms with E-state index in [1.165, 1.54) is 4.90 Å². The third kappa shape index (κ3) is 5.99. The SMILES string of the molecule is CCCOc1ccc(/C(O)=C2\C(=O)C(=O)N(CCN(C)C)C2c2ccc(OCC)c(OCC)c2)cc1. The van der Waals surface area contributed by atoms with Gasteiger partial charge >= 0.3 is 0 Å². The molecule has 1 atom stereocenters. The lowest BCUT2D eigenvalue weighted by Gasteiger charge is -2.27. The topological polar surface area (TPSA) is 88.5 Å². The van der Waals surface area contributed by atoms with E-state index in [1.807, 2.05) is 45.8 Å². The fourth-order valence-corrected chi connectivity index (χ4v) is 4.09. The number of ketones is 1. The first-order valence-corrected chi connectivity index (χ1v) is 12.4. The molecule has 1 heterocycles. The third-order valence-electron chi connectivity index (χ3n) is 5.81. The number of amides is 1. The van der Waals surface area contributed by atoms with Crippen LogP contribution in [0.1, 0.15) is 44.4 Å². The van der Waals surface area contributed by atoms with Gasteiger partial charge in [0.05, 0.1) is 31.4 Å². The van der Waals surface area contributed by atoms with Crippen molar-refractivity contribution in [1.29, 1.82) is 0 Å². The molecule has 36 heavy (non-hydrogen) atoms. The van der Waals surface area contributed by atoms with Gasteiger partial charge in [-0.25, -0.2) is 0 Å². The Kier molecular flexibility index (Phi) is 9.36. The molecule has 0 saturated carbocycles. The smallest absolute Gasteiger partial charge is 0.295 e. The zero-order valence-corrected chi connectivity index (χ0v) is 21.7. The maximum Gasteiger partial charge on any atom is 0.295 e. The normalized spacial score (nSPS) is 17.1. The molecule has 194 valence electrons. The number of likely N-dealkylation sites (N-methyl/N-ethyl adjacent to an activating group) is 1. The Balaban J connectivity index is 2.11. The maximum absolute atomic E-state index is 13.2. The second-order valence-corrected chi connectivity index (χ2v) is 8.74. The van der Waals surface area contributed by atoms with Crippen LogP contribution in [0.2, 0.25) is 0 Å². The van der Waals surface area contributed by atoms with Crippen molar-refractivity contribution in [3.8, 4) is 17.2 Å². The molecule has 1 aliphatic rings. The Morgan fingerprint density at radius 2 is 1.61 bits per heavy atom. The van der Waals surface area contributed by atoms with Gasteiger partial charge in [-0.15, -0.1) is 0 Å². The molecule has 0 bridgehead atoms. The summed E-state index contributed by atoms with van der Waals surface area (Å²) in [5, 5.41) is 11.3. The lowest BCUT2D eigenvalue weighted by molar-refractivity contribution is -0.140. The minimum absolute atomic E-state index is 0.0487. The van der Waals surface area contributed by atoms with Crippen LogP contribution in [0.3, 0.4) is 0 Å². The number of rotatable bonds is 12. The van der Waals surface area contributed by atoms with Gasteiger partial charge in [0.1, 0.15) is 11.5 Å². The van der Waals surface area contributed by atoms with Crippen LogP contribution in [0.5, 0.6) is 17.2 Å². The minimum atomic E-state index is -0.768. The number of hydrogen-bond acceptors (Lipinski definition) is 7. The van der Waals surface area contributed by atoms with Crippen LogP contribution in [0.25, 0.3) is 5.76 Å². The average Bonchev–Trinajstić information content (AvgIpc) is 3.12. The molecule has 8 heteroatoms. The fourth-order valence-electron chi connectivity index (χ4n) is 4.09. The quantitative estimate of drug-likeness (QED) is 0.267. The van der Waals surface area contributed by atoms with E-state index in [-0.39, 0.29) is 11.3 Å². The number of hydrogen-bond donors (Lipinski definition) is 1. The molecule has 1 N–H and O–H groups in total. The molecule has 0 aliphatic carbocycles. The second-order valence-electron chi connectivity index (χ2n) is 8.74. The Hall–Kier alpha value is -3.52. The molecule has 1 aliphatic heterocycles. The van der Waals surface area contributed by atoms with Crippen LogP contribution < -0.4 is 14.2 Å². The van der Waals surface area contributed by atoms with Crippen molar-refractivity contribution in [1.82, 2.24) is 9.80 Å². The zero-order chi connectivity index (χ0) is 26.2. The number of aliphatic hydroxyl groups excluding tert-OH is 1. The molecule has 8 nitrogen and oxygen atoms in total. The van der Waals surface area contributed by atoms with E-state index in [2.05, 4.69) is 0 Å². The van der Waals surface area contributed by atoms with Gasteiger partial charge in [-0.2, -0.15) is 0 Å². The summed E-state index contributed by atoms with van der Waals surface area (Å²) in [6.07, 6.45) is 0.879. The summed E-state index contributed by atoms with van der Waals surface area (Å²) >= 11 is 0. The molecular formula is C28H36N2O6. The van der Waals surface area contributed by atoms with Crippen molar-refractivity contribution in [3.05, 3.63) is 59.2 Å². The number of likely N-dealkylation sites (tertiary alicyclic amines) is 1. The van der Waals surface area contributed by atoms with Crippen LogP contribution in [-0.4, -0.2) is 73.6 Å². The van der Waals surface area contributed by atoms with Crippen molar-refractivity contribution >= 4 is 17.4 Å². The van der Waals surface area contributed by atoms with E-state index in [0.29, 0.717) is 61.3 Å². The van der Waals surface area contributed by atoms with Gasteiger partial charge in [0.2, 0.25) is 0 Å². The molecule has 1 fully saturated rings. The highest BCUT2D eigenvalue weighted by molar-refractivity contribution is 6.46. The Labute approximate surface area is 213 Å². The minimum Gasteiger partial charge on any atom is -0.507 e. The summed E-state index contributed by atoms with van der Waals surface area (Å²) in [6, 6.07) is 11.5. The standard InChI is InChI=1S/C28H36N2O6/c1-6-17-36-21-12-9-19(10-13-21)26(31)24-25(30(16-15-29(4)5)28(33)27(24)32)20-11-14-22(34-7-2)23(18-20)35-8-3/h9-14,18,25,31H,6-8,15-17H2,1-5H3/b26-24+. The number of benzene rings is 2. The van der Waals surface area contributed by atoms with Crippen LogP contribution in [0.15, 0.2) is 48.0 Å². The van der Waals surface area contributed by atoms with E-state index < -0.39 is 17.7 Å². The Bertz CT molecular complexity index is 1090. The Morgan fingerprint density at radius 3 is 2.22 bits per heavy atom. The van der Waals surface area contributed by atoms with E-state index in [0.717, 1.165) is 6.42 Å². The van der Waals surface area contributed by atoms with Gasteiger partial charge in [-0.05, 0) is 76.3 Å². The molecule has 1 unspecified atom stereocenters. The molecule has 2 aromatic rings. The van der Waals surface area contributed by atoms with Crippen molar-refractivity contribution in [3.63, 3.8) is 0 Å². The van der Waals surface area contributed by atoms with E-state index in [9.17, 15) is 14.7 Å². The predicted molar refractivity (Wildman–Crippen MR) is 139 cm³/mol. The lowest BCUT2D eigenvalue weighted by Crippen LogP contribution is -2.35. The van der Waals surface area contributed by atoms with Crippen molar-refractivity contribution in [2.45, 2.75) is 33.2 Å². The molecule has 2 aromatic carbocycles. The molecule has 3 rings (SSSR count). The van der Waals surface area contributed by atoms with Crippen LogP contribution in [0, 0.1) is 0 Å². The fraction of sp³-hybridized carbons (Fsp3) is 0.429. The molecule has 0 radical (unpaired) electrons. The monoisotopic (exact) mass is 496 g/mol. The summed E-state index contributed by atoms with van der Waals surface area (Å²) in [6.45, 7) is 8.14. The summed E-state index contributed by atoms with van der Waals surface area (Å²) in [7, 11) is 3.80. The average molecular weight is 497 g/mol. The van der Waals surface area contributed by atoms with Gasteiger partial charge in [0.25, 0.3) is 11.7 Å². The van der Waals surface area contributed by atoms with Gasteiger partial charge in [-0.3, -0.25) is 9.59 Å². The van der Waals surface area contributed by atoms with Crippen molar-refractivity contribution in [2.24, 2.45) is 0 Å².